The molecule has 4 heterocycles. The van der Waals surface area contributed by atoms with E-state index in [1.165, 1.54) is 5.56 Å². The van der Waals surface area contributed by atoms with E-state index in [2.05, 4.69) is 20.9 Å². The molecule has 6 heteroatoms. The van der Waals surface area contributed by atoms with Crippen molar-refractivity contribution in [2.24, 2.45) is 7.05 Å². The molecule has 1 saturated heterocycles. The molecule has 25 heavy (non-hydrogen) atoms. The molecule has 0 amide bonds. The standard InChI is InChI=1S/C19H22N6/c1-14-10-17(19-21-7-9-24(19)2)23-18(22-14)16-5-8-25(13-16)12-15-4-3-6-20-11-15/h3-4,6-7,9-11,16H,5,8,12-13H2,1-2H3/t16-/m1/s1. The van der Waals surface area contributed by atoms with E-state index in [1.54, 1.807) is 6.20 Å². The Bertz CT molecular complexity index is 857. The molecule has 3 aromatic rings. The fourth-order valence-corrected chi connectivity index (χ4v) is 3.44. The summed E-state index contributed by atoms with van der Waals surface area (Å²) in [5.74, 6) is 2.19. The summed E-state index contributed by atoms with van der Waals surface area (Å²) >= 11 is 0. The lowest BCUT2D eigenvalue weighted by atomic mass is 10.1. The summed E-state index contributed by atoms with van der Waals surface area (Å²) < 4.78 is 1.99. The van der Waals surface area contributed by atoms with Crippen molar-refractivity contribution in [2.75, 3.05) is 13.1 Å². The molecular formula is C19H22N6. The summed E-state index contributed by atoms with van der Waals surface area (Å²) in [6.07, 6.45) is 8.59. The van der Waals surface area contributed by atoms with Crippen LogP contribution < -0.4 is 0 Å². The topological polar surface area (TPSA) is 59.7 Å². The van der Waals surface area contributed by atoms with E-state index < -0.39 is 0 Å². The minimum absolute atomic E-state index is 0.371. The van der Waals surface area contributed by atoms with E-state index in [4.69, 9.17) is 9.97 Å². The van der Waals surface area contributed by atoms with Crippen LogP contribution in [0.4, 0.5) is 0 Å². The van der Waals surface area contributed by atoms with Crippen LogP contribution in [0.25, 0.3) is 11.5 Å². The van der Waals surface area contributed by atoms with Crippen LogP contribution in [0.5, 0.6) is 0 Å². The van der Waals surface area contributed by atoms with Crippen LogP contribution in [0.2, 0.25) is 0 Å². The molecule has 4 rings (SSSR count). The second-order valence-electron chi connectivity index (χ2n) is 6.70. The van der Waals surface area contributed by atoms with Gasteiger partial charge in [-0.05, 0) is 37.6 Å². The average Bonchev–Trinajstić information content (AvgIpc) is 3.24. The molecule has 0 aromatic carbocycles. The normalized spacial score (nSPS) is 17.9. The van der Waals surface area contributed by atoms with Gasteiger partial charge in [0.1, 0.15) is 11.5 Å². The highest BCUT2D eigenvalue weighted by Gasteiger charge is 2.26. The van der Waals surface area contributed by atoms with Crippen molar-refractivity contribution in [1.29, 1.82) is 0 Å². The smallest absolute Gasteiger partial charge is 0.158 e. The Balaban J connectivity index is 1.53. The minimum atomic E-state index is 0.371. The van der Waals surface area contributed by atoms with Crippen LogP contribution in [0.1, 0.15) is 29.4 Å². The molecule has 0 saturated carbocycles. The zero-order valence-corrected chi connectivity index (χ0v) is 14.6. The number of likely N-dealkylation sites (tertiary alicyclic amines) is 1. The average molecular weight is 334 g/mol. The maximum absolute atomic E-state index is 4.83. The van der Waals surface area contributed by atoms with Crippen molar-refractivity contribution < 1.29 is 0 Å². The van der Waals surface area contributed by atoms with Gasteiger partial charge in [-0.2, -0.15) is 0 Å². The van der Waals surface area contributed by atoms with Crippen molar-refractivity contribution in [2.45, 2.75) is 25.8 Å². The van der Waals surface area contributed by atoms with E-state index >= 15 is 0 Å². The highest BCUT2D eigenvalue weighted by atomic mass is 15.2. The van der Waals surface area contributed by atoms with Gasteiger partial charge in [0.25, 0.3) is 0 Å². The predicted molar refractivity (Wildman–Crippen MR) is 95.8 cm³/mol. The molecule has 1 atom stereocenters. The highest BCUT2D eigenvalue weighted by molar-refractivity contribution is 5.50. The summed E-state index contributed by atoms with van der Waals surface area (Å²) in [6, 6.07) is 6.13. The summed E-state index contributed by atoms with van der Waals surface area (Å²) in [4.78, 5) is 20.6. The molecule has 0 unspecified atom stereocenters. The van der Waals surface area contributed by atoms with Gasteiger partial charge in [-0.3, -0.25) is 9.88 Å². The number of hydrogen-bond donors (Lipinski definition) is 0. The molecule has 3 aromatic heterocycles. The summed E-state index contributed by atoms with van der Waals surface area (Å²) in [7, 11) is 1.99. The number of nitrogens with zero attached hydrogens (tertiary/aromatic N) is 6. The van der Waals surface area contributed by atoms with Gasteiger partial charge in [0, 0.05) is 56.5 Å². The second-order valence-corrected chi connectivity index (χ2v) is 6.70. The Morgan fingerprint density at radius 2 is 2.16 bits per heavy atom. The van der Waals surface area contributed by atoms with Gasteiger partial charge in [0.2, 0.25) is 0 Å². The van der Waals surface area contributed by atoms with Crippen LogP contribution in [0.15, 0.2) is 43.0 Å². The van der Waals surface area contributed by atoms with Crippen LogP contribution in [0.3, 0.4) is 0 Å². The molecule has 1 aliphatic rings. The fourth-order valence-electron chi connectivity index (χ4n) is 3.44. The fraction of sp³-hybridized carbons (Fsp3) is 0.368. The maximum atomic E-state index is 4.83. The zero-order valence-electron chi connectivity index (χ0n) is 14.6. The molecule has 0 aliphatic carbocycles. The lowest BCUT2D eigenvalue weighted by molar-refractivity contribution is 0.325. The molecule has 0 bridgehead atoms. The highest BCUT2D eigenvalue weighted by Crippen LogP contribution is 2.27. The van der Waals surface area contributed by atoms with Crippen LogP contribution in [-0.4, -0.2) is 42.5 Å². The van der Waals surface area contributed by atoms with Crippen molar-refractivity contribution in [1.82, 2.24) is 29.4 Å². The Hall–Kier alpha value is -2.60. The molecule has 1 fully saturated rings. The van der Waals surface area contributed by atoms with Crippen LogP contribution in [0, 0.1) is 6.92 Å². The van der Waals surface area contributed by atoms with E-state index in [0.29, 0.717) is 5.92 Å². The largest absolute Gasteiger partial charge is 0.333 e. The SMILES string of the molecule is Cc1cc(-c2nccn2C)nc([C@@H]2CCN(Cc3cccnc3)C2)n1. The van der Waals surface area contributed by atoms with Crippen LogP contribution >= 0.6 is 0 Å². The predicted octanol–water partition coefficient (Wildman–Crippen LogP) is 2.57. The first-order valence-electron chi connectivity index (χ1n) is 8.63. The summed E-state index contributed by atoms with van der Waals surface area (Å²) in [6.45, 7) is 5.01. The van der Waals surface area contributed by atoms with Crippen molar-refractivity contribution in [3.8, 4) is 11.5 Å². The molecular weight excluding hydrogens is 312 g/mol. The number of aromatic nitrogens is 5. The lowest BCUT2D eigenvalue weighted by Gasteiger charge is -2.16. The molecule has 0 spiro atoms. The third-order valence-corrected chi connectivity index (χ3v) is 4.69. The Kier molecular flexibility index (Phi) is 4.28. The molecule has 0 N–H and O–H groups in total. The number of imidazole rings is 1. The first-order chi connectivity index (χ1) is 12.2. The van der Waals surface area contributed by atoms with Gasteiger partial charge >= 0.3 is 0 Å². The zero-order chi connectivity index (χ0) is 17.2. The van der Waals surface area contributed by atoms with Gasteiger partial charge in [-0.25, -0.2) is 15.0 Å². The van der Waals surface area contributed by atoms with Crippen molar-refractivity contribution in [3.63, 3.8) is 0 Å². The van der Waals surface area contributed by atoms with Crippen molar-refractivity contribution in [3.05, 3.63) is 60.1 Å². The third-order valence-electron chi connectivity index (χ3n) is 4.69. The lowest BCUT2D eigenvalue weighted by Crippen LogP contribution is -2.20. The summed E-state index contributed by atoms with van der Waals surface area (Å²) in [5, 5.41) is 0. The minimum Gasteiger partial charge on any atom is -0.333 e. The van der Waals surface area contributed by atoms with E-state index in [1.807, 2.05) is 49.3 Å². The third kappa shape index (κ3) is 3.44. The molecule has 128 valence electrons. The second kappa shape index (κ2) is 6.72. The molecule has 1 aliphatic heterocycles. The van der Waals surface area contributed by atoms with E-state index in [9.17, 15) is 0 Å². The molecule has 6 nitrogen and oxygen atoms in total. The Morgan fingerprint density at radius 3 is 2.92 bits per heavy atom. The number of pyridine rings is 1. The number of hydrogen-bond acceptors (Lipinski definition) is 5. The van der Waals surface area contributed by atoms with E-state index in [-0.39, 0.29) is 0 Å². The van der Waals surface area contributed by atoms with Crippen LogP contribution in [-0.2, 0) is 13.6 Å². The maximum Gasteiger partial charge on any atom is 0.158 e. The quantitative estimate of drug-likeness (QED) is 0.734. The number of aryl methyl sites for hydroxylation is 2. The Morgan fingerprint density at radius 1 is 1.24 bits per heavy atom. The van der Waals surface area contributed by atoms with Crippen molar-refractivity contribution >= 4 is 0 Å². The summed E-state index contributed by atoms with van der Waals surface area (Å²) in [5.41, 5.74) is 3.15. The van der Waals surface area contributed by atoms with E-state index in [0.717, 1.165) is 49.1 Å². The van der Waals surface area contributed by atoms with Gasteiger partial charge in [-0.15, -0.1) is 0 Å². The first-order valence-corrected chi connectivity index (χ1v) is 8.63. The van der Waals surface area contributed by atoms with Gasteiger partial charge in [0.05, 0.1) is 0 Å². The van der Waals surface area contributed by atoms with Gasteiger partial charge in [-0.1, -0.05) is 6.07 Å². The Labute approximate surface area is 147 Å². The molecule has 0 radical (unpaired) electrons. The van der Waals surface area contributed by atoms with Gasteiger partial charge < -0.3 is 4.57 Å². The first kappa shape index (κ1) is 15.9. The monoisotopic (exact) mass is 334 g/mol. The van der Waals surface area contributed by atoms with Gasteiger partial charge in [0.15, 0.2) is 5.82 Å². The number of rotatable bonds is 4.